The molecule has 1 amide bonds. The molecule has 0 aliphatic carbocycles. The molecule has 4 heterocycles. The predicted molar refractivity (Wildman–Crippen MR) is 169 cm³/mol. The van der Waals surface area contributed by atoms with E-state index in [4.69, 9.17) is 15.5 Å². The van der Waals surface area contributed by atoms with Gasteiger partial charge >= 0.3 is 6.01 Å². The number of carbonyl (C=O) groups is 1. The number of nitrogen functional groups attached to an aromatic ring is 1. The van der Waals surface area contributed by atoms with Crippen molar-refractivity contribution in [3.63, 3.8) is 0 Å². The number of anilines is 2. The number of hydrogen-bond acceptors (Lipinski definition) is 9. The lowest BCUT2D eigenvalue weighted by Crippen LogP contribution is -2.43. The topological polar surface area (TPSA) is 112 Å². The summed E-state index contributed by atoms with van der Waals surface area (Å²) in [5.74, 6) is -0.844. The lowest BCUT2D eigenvalue weighted by atomic mass is 9.97. The average Bonchev–Trinajstić information content (AvgIpc) is 3.71. The van der Waals surface area contributed by atoms with E-state index in [0.29, 0.717) is 36.3 Å². The molecule has 2 aromatic heterocycles. The summed E-state index contributed by atoms with van der Waals surface area (Å²) in [6, 6.07) is 8.09. The number of benzene rings is 2. The number of aromatic nitrogens is 2. The van der Waals surface area contributed by atoms with E-state index in [0.717, 1.165) is 30.7 Å². The zero-order valence-corrected chi connectivity index (χ0v) is 25.6. The lowest BCUT2D eigenvalue weighted by molar-refractivity contribution is -0.126. The number of likely N-dealkylation sites (tertiary alicyclic amines) is 2. The van der Waals surface area contributed by atoms with Gasteiger partial charge in [-0.05, 0) is 63.6 Å². The molecule has 0 radical (unpaired) electrons. The molecular weight excluding hydrogens is 584 g/mol. The van der Waals surface area contributed by atoms with Crippen molar-refractivity contribution >= 4 is 49.1 Å². The van der Waals surface area contributed by atoms with Crippen LogP contribution in [0.3, 0.4) is 0 Å². The molecule has 3 atom stereocenters. The van der Waals surface area contributed by atoms with Crippen molar-refractivity contribution in [3.05, 3.63) is 54.1 Å². The molecule has 2 fully saturated rings. The zero-order chi connectivity index (χ0) is 31.3. The minimum absolute atomic E-state index is 0.0398. The van der Waals surface area contributed by atoms with Crippen molar-refractivity contribution in [3.8, 4) is 23.2 Å². The number of carbonyl (C=O) groups excluding carboxylic acids is 1. The van der Waals surface area contributed by atoms with E-state index in [1.165, 1.54) is 18.2 Å². The summed E-state index contributed by atoms with van der Waals surface area (Å²) in [5, 5.41) is 10.7. The van der Waals surface area contributed by atoms with Crippen LogP contribution >= 0.6 is 11.3 Å². The molecule has 0 spiro atoms. The van der Waals surface area contributed by atoms with Crippen LogP contribution in [0.15, 0.2) is 36.9 Å². The van der Waals surface area contributed by atoms with Crippen LogP contribution in [-0.2, 0) is 4.79 Å². The van der Waals surface area contributed by atoms with Gasteiger partial charge in [0.15, 0.2) is 5.82 Å². The SMILES string of the molecule is C=CC(=O)N1CC[C@H](N(C)c2nc(OC[C@@H]3CCCN3C)nc3c(F)c(-c4ccc(F)c5sc(N)c(C#N)c45)ccc23)[C@@H]1C. The molecule has 0 bridgehead atoms. The Hall–Kier alpha value is -4.34. The fourth-order valence-electron chi connectivity index (χ4n) is 6.58. The zero-order valence-electron chi connectivity index (χ0n) is 24.8. The third-order valence-electron chi connectivity index (χ3n) is 9.07. The van der Waals surface area contributed by atoms with Gasteiger partial charge in [0.25, 0.3) is 0 Å². The van der Waals surface area contributed by atoms with E-state index < -0.39 is 11.6 Å². The largest absolute Gasteiger partial charge is 0.462 e. The highest BCUT2D eigenvalue weighted by Gasteiger charge is 2.37. The van der Waals surface area contributed by atoms with E-state index in [9.17, 15) is 14.4 Å². The molecule has 2 aromatic carbocycles. The summed E-state index contributed by atoms with van der Waals surface area (Å²) in [7, 11) is 3.92. The molecule has 2 N–H and O–H groups in total. The Kier molecular flexibility index (Phi) is 7.86. The molecule has 0 saturated carbocycles. The van der Waals surface area contributed by atoms with E-state index >= 15 is 4.39 Å². The van der Waals surface area contributed by atoms with Gasteiger partial charge < -0.3 is 25.2 Å². The maximum absolute atomic E-state index is 16.7. The number of nitrogens with two attached hydrogens (primary N) is 1. The Morgan fingerprint density at radius 2 is 2.02 bits per heavy atom. The molecule has 12 heteroatoms. The first-order chi connectivity index (χ1) is 21.1. The van der Waals surface area contributed by atoms with Gasteiger partial charge in [0.2, 0.25) is 5.91 Å². The molecular formula is C32H33F2N7O2S. The summed E-state index contributed by atoms with van der Waals surface area (Å²) in [5.41, 5.74) is 6.69. The highest BCUT2D eigenvalue weighted by Crippen LogP contribution is 2.43. The molecule has 2 aliphatic heterocycles. The number of amides is 1. The first-order valence-electron chi connectivity index (χ1n) is 14.5. The van der Waals surface area contributed by atoms with E-state index in [-0.39, 0.29) is 61.8 Å². The molecule has 0 unspecified atom stereocenters. The van der Waals surface area contributed by atoms with E-state index in [1.54, 1.807) is 17.0 Å². The number of rotatable bonds is 7. The Bertz CT molecular complexity index is 1840. The van der Waals surface area contributed by atoms with Gasteiger partial charge in [-0.15, -0.1) is 11.3 Å². The van der Waals surface area contributed by atoms with Crippen LogP contribution in [0.4, 0.5) is 19.6 Å². The summed E-state index contributed by atoms with van der Waals surface area (Å²) in [6.07, 6.45) is 4.05. The number of likely N-dealkylation sites (N-methyl/N-ethyl adjacent to an activating group) is 2. The number of fused-ring (bicyclic) bond motifs is 2. The van der Waals surface area contributed by atoms with Crippen molar-refractivity contribution in [2.75, 3.05) is 44.4 Å². The predicted octanol–water partition coefficient (Wildman–Crippen LogP) is 5.33. The van der Waals surface area contributed by atoms with Gasteiger partial charge in [-0.1, -0.05) is 18.7 Å². The minimum Gasteiger partial charge on any atom is -0.462 e. The number of hydrogen-bond donors (Lipinski definition) is 1. The van der Waals surface area contributed by atoms with Crippen molar-refractivity contribution in [2.24, 2.45) is 0 Å². The third-order valence-corrected chi connectivity index (χ3v) is 10.1. The van der Waals surface area contributed by atoms with Gasteiger partial charge in [0.05, 0.1) is 16.3 Å². The minimum atomic E-state index is -0.646. The Labute approximate surface area is 258 Å². The van der Waals surface area contributed by atoms with Crippen LogP contribution in [0.2, 0.25) is 0 Å². The van der Waals surface area contributed by atoms with Crippen LogP contribution in [0.5, 0.6) is 6.01 Å². The Balaban J connectivity index is 1.49. The van der Waals surface area contributed by atoms with Crippen LogP contribution < -0.4 is 15.4 Å². The second kappa shape index (κ2) is 11.6. The molecule has 228 valence electrons. The normalized spacial score (nSPS) is 20.4. The van der Waals surface area contributed by atoms with Crippen molar-refractivity contribution in [1.29, 1.82) is 5.26 Å². The maximum atomic E-state index is 16.7. The van der Waals surface area contributed by atoms with Gasteiger partial charge in [0.1, 0.15) is 34.8 Å². The van der Waals surface area contributed by atoms with E-state index in [2.05, 4.69) is 16.5 Å². The Morgan fingerprint density at radius 3 is 2.73 bits per heavy atom. The van der Waals surface area contributed by atoms with Gasteiger partial charge in [-0.2, -0.15) is 15.2 Å². The number of thiophene rings is 1. The quantitative estimate of drug-likeness (QED) is 0.277. The van der Waals surface area contributed by atoms with Crippen LogP contribution in [0, 0.1) is 23.0 Å². The molecule has 4 aromatic rings. The number of nitrogens with zero attached hydrogens (tertiary/aromatic N) is 6. The smallest absolute Gasteiger partial charge is 0.319 e. The first-order valence-corrected chi connectivity index (χ1v) is 15.4. The summed E-state index contributed by atoms with van der Waals surface area (Å²) in [6.45, 7) is 7.49. The van der Waals surface area contributed by atoms with Gasteiger partial charge in [0, 0.05) is 42.0 Å². The van der Waals surface area contributed by atoms with Crippen molar-refractivity contribution in [1.82, 2.24) is 19.8 Å². The average molecular weight is 618 g/mol. The summed E-state index contributed by atoms with van der Waals surface area (Å²) < 4.78 is 37.7. The van der Waals surface area contributed by atoms with Crippen molar-refractivity contribution in [2.45, 2.75) is 44.3 Å². The van der Waals surface area contributed by atoms with E-state index in [1.807, 2.05) is 32.0 Å². The standard InChI is InChI=1S/C32H33F2N7O2S/c1-5-25(42)41-14-12-24(17(41)2)40(4)31-21-9-8-20(19-10-11-23(33)29-26(19)22(15-35)30(36)44-29)27(34)28(21)37-32(38-31)43-16-18-7-6-13-39(18)3/h5,8-11,17-18,24H,1,6-7,12-14,16,36H2,2-4H3/t17-,18-,24-/m0/s1. The molecule has 2 saturated heterocycles. The van der Waals surface area contributed by atoms with Crippen LogP contribution in [-0.4, -0.2) is 77.6 Å². The highest BCUT2D eigenvalue weighted by atomic mass is 32.1. The summed E-state index contributed by atoms with van der Waals surface area (Å²) in [4.78, 5) is 27.7. The molecule has 2 aliphatic rings. The first kappa shape index (κ1) is 29.7. The van der Waals surface area contributed by atoms with Crippen molar-refractivity contribution < 1.29 is 18.3 Å². The fourth-order valence-corrected chi connectivity index (χ4v) is 7.53. The maximum Gasteiger partial charge on any atom is 0.319 e. The highest BCUT2D eigenvalue weighted by molar-refractivity contribution is 7.23. The lowest BCUT2D eigenvalue weighted by Gasteiger charge is -2.32. The number of halogens is 2. The van der Waals surface area contributed by atoms with Gasteiger partial charge in [-0.25, -0.2) is 8.78 Å². The second-order valence-electron chi connectivity index (χ2n) is 11.4. The second-order valence-corrected chi connectivity index (χ2v) is 12.5. The third kappa shape index (κ3) is 4.90. The number of ether oxygens (including phenoxy) is 1. The molecule has 6 rings (SSSR count). The Morgan fingerprint density at radius 1 is 1.25 bits per heavy atom. The number of nitriles is 1. The molecule has 9 nitrogen and oxygen atoms in total. The summed E-state index contributed by atoms with van der Waals surface area (Å²) >= 11 is 0.961. The fraction of sp³-hybridized carbons (Fsp3) is 0.375. The monoisotopic (exact) mass is 617 g/mol. The van der Waals surface area contributed by atoms with Crippen LogP contribution in [0.1, 0.15) is 31.7 Å². The molecule has 44 heavy (non-hydrogen) atoms. The van der Waals surface area contributed by atoms with Crippen LogP contribution in [0.25, 0.3) is 32.1 Å². The van der Waals surface area contributed by atoms with Gasteiger partial charge in [-0.3, -0.25) is 4.79 Å².